The highest BCUT2D eigenvalue weighted by Gasteiger charge is 2.40. The van der Waals surface area contributed by atoms with Crippen LogP contribution in [0.1, 0.15) is 49.7 Å². The van der Waals surface area contributed by atoms with Crippen LogP contribution in [0.15, 0.2) is 48.5 Å². The largest absolute Gasteiger partial charge is 0.496 e. The van der Waals surface area contributed by atoms with Crippen molar-refractivity contribution in [1.29, 1.82) is 0 Å². The van der Waals surface area contributed by atoms with Crippen LogP contribution in [0.4, 0.5) is 13.2 Å². The van der Waals surface area contributed by atoms with Gasteiger partial charge in [-0.15, -0.1) is 12.8 Å². The number of nitrogens with zero attached hydrogens (tertiary/aromatic N) is 1. The summed E-state index contributed by atoms with van der Waals surface area (Å²) in [5, 5.41) is 0. The van der Waals surface area contributed by atoms with Crippen LogP contribution in [0.3, 0.4) is 0 Å². The number of piperidine rings is 1. The van der Waals surface area contributed by atoms with Crippen molar-refractivity contribution >= 4 is 0 Å². The summed E-state index contributed by atoms with van der Waals surface area (Å²) >= 11 is 0. The lowest BCUT2D eigenvalue weighted by molar-refractivity contribution is -0.137. The Morgan fingerprint density at radius 1 is 1.03 bits per heavy atom. The molecule has 0 unspecified atom stereocenters. The van der Waals surface area contributed by atoms with Gasteiger partial charge in [0.1, 0.15) is 11.5 Å². The fourth-order valence-electron chi connectivity index (χ4n) is 5.16. The number of benzene rings is 2. The molecule has 1 aliphatic heterocycles. The minimum atomic E-state index is -4.32. The molecule has 2 aromatic carbocycles. The second kappa shape index (κ2) is 11.7. The smallest absolute Gasteiger partial charge is 0.416 e. The lowest BCUT2D eigenvalue weighted by Crippen LogP contribution is -2.43. The third kappa shape index (κ3) is 6.27. The van der Waals surface area contributed by atoms with Gasteiger partial charge in [0.15, 0.2) is 0 Å². The van der Waals surface area contributed by atoms with Crippen LogP contribution < -0.4 is 9.47 Å². The number of halogens is 3. The number of ether oxygens (including phenoxy) is 2. The highest BCUT2D eigenvalue weighted by atomic mass is 19.4. The van der Waals surface area contributed by atoms with Gasteiger partial charge in [0, 0.05) is 23.4 Å². The van der Waals surface area contributed by atoms with Crippen LogP contribution in [-0.4, -0.2) is 38.3 Å². The number of methoxy groups -OCH3 is 1. The van der Waals surface area contributed by atoms with Crippen LogP contribution in [0.5, 0.6) is 11.5 Å². The van der Waals surface area contributed by atoms with E-state index in [9.17, 15) is 13.2 Å². The highest BCUT2D eigenvalue weighted by molar-refractivity contribution is 5.41. The molecule has 1 atom stereocenters. The summed E-state index contributed by atoms with van der Waals surface area (Å²) in [7, 11) is 1.75. The summed E-state index contributed by atoms with van der Waals surface area (Å²) in [5.41, 5.74) is 0.914. The third-order valence-corrected chi connectivity index (χ3v) is 7.17. The van der Waals surface area contributed by atoms with E-state index >= 15 is 0 Å². The van der Waals surface area contributed by atoms with Crippen molar-refractivity contribution in [2.75, 3.05) is 33.4 Å². The van der Waals surface area contributed by atoms with Gasteiger partial charge >= 0.3 is 6.18 Å². The van der Waals surface area contributed by atoms with E-state index in [2.05, 4.69) is 35.9 Å². The molecule has 0 amide bonds. The number of hydrogen-bond donors (Lipinski definition) is 0. The average molecular weight is 474 g/mol. The zero-order chi connectivity index (χ0) is 24.6. The molecule has 2 fully saturated rings. The molecule has 0 bridgehead atoms. The third-order valence-electron chi connectivity index (χ3n) is 7.17. The summed E-state index contributed by atoms with van der Waals surface area (Å²) in [5.74, 6) is 1.89. The molecule has 0 aromatic heterocycles. The Morgan fingerprint density at radius 2 is 1.74 bits per heavy atom. The summed E-state index contributed by atoms with van der Waals surface area (Å²) in [6.07, 6.45) is 10.7. The van der Waals surface area contributed by atoms with E-state index in [0.29, 0.717) is 18.3 Å². The standard InChI is InChI=1S/C26H32F3NO2.C2H2/c1-31-24-8-3-2-7-23(24)25(13-5-14-25)15-17-30-16-4-6-20(18-30)19-32-22-11-9-21(10-12-22)26(27,28)29;1-2/h2-3,7-12,20H,4-6,13-19H2,1H3;1-2H/t20-;/m0./s1. The average Bonchev–Trinajstić information content (AvgIpc) is 2.83. The summed E-state index contributed by atoms with van der Waals surface area (Å²) < 4.78 is 49.6. The summed E-state index contributed by atoms with van der Waals surface area (Å²) in [6.45, 7) is 3.66. The predicted octanol–water partition coefficient (Wildman–Crippen LogP) is 6.57. The lowest BCUT2D eigenvalue weighted by Gasteiger charge is -2.45. The van der Waals surface area contributed by atoms with Crippen molar-refractivity contribution in [1.82, 2.24) is 4.90 Å². The van der Waals surface area contributed by atoms with Crippen LogP contribution in [0, 0.1) is 18.8 Å². The monoisotopic (exact) mass is 473 g/mol. The quantitative estimate of drug-likeness (QED) is 0.405. The number of hydrogen-bond acceptors (Lipinski definition) is 3. The first-order chi connectivity index (χ1) is 16.4. The molecule has 1 saturated heterocycles. The number of alkyl halides is 3. The zero-order valence-electron chi connectivity index (χ0n) is 19.8. The molecular weight excluding hydrogens is 439 g/mol. The Hall–Kier alpha value is -2.65. The second-order valence-corrected chi connectivity index (χ2v) is 9.23. The first kappa shape index (κ1) is 26.0. The van der Waals surface area contributed by atoms with E-state index in [4.69, 9.17) is 9.47 Å². The normalized spacial score (nSPS) is 19.9. The second-order valence-electron chi connectivity index (χ2n) is 9.23. The van der Waals surface area contributed by atoms with Crippen molar-refractivity contribution in [2.45, 2.75) is 50.1 Å². The molecule has 3 nitrogen and oxygen atoms in total. The molecule has 1 saturated carbocycles. The SMILES string of the molecule is C#C.COc1ccccc1C1(CCN2CCC[C@H](COc3ccc(C(F)(F)F)cc3)C2)CCC1. The summed E-state index contributed by atoms with van der Waals surface area (Å²) in [4.78, 5) is 2.53. The maximum absolute atomic E-state index is 12.7. The van der Waals surface area contributed by atoms with E-state index < -0.39 is 11.7 Å². The van der Waals surface area contributed by atoms with Gasteiger partial charge in [0.05, 0.1) is 19.3 Å². The first-order valence-electron chi connectivity index (χ1n) is 11.9. The lowest BCUT2D eigenvalue weighted by atomic mass is 9.62. The van der Waals surface area contributed by atoms with Crippen LogP contribution in [-0.2, 0) is 11.6 Å². The Morgan fingerprint density at radius 3 is 2.35 bits per heavy atom. The van der Waals surface area contributed by atoms with Gasteiger partial charge in [-0.05, 0) is 75.5 Å². The molecule has 0 N–H and O–H groups in total. The maximum atomic E-state index is 12.7. The van der Waals surface area contributed by atoms with Crippen LogP contribution >= 0.6 is 0 Å². The molecule has 2 aliphatic rings. The zero-order valence-corrected chi connectivity index (χ0v) is 19.8. The minimum Gasteiger partial charge on any atom is -0.496 e. The molecule has 0 radical (unpaired) electrons. The molecule has 4 rings (SSSR count). The fourth-order valence-corrected chi connectivity index (χ4v) is 5.16. The van der Waals surface area contributed by atoms with Crippen molar-refractivity contribution in [3.05, 3.63) is 59.7 Å². The van der Waals surface area contributed by atoms with E-state index in [1.165, 1.54) is 37.0 Å². The van der Waals surface area contributed by atoms with Gasteiger partial charge in [-0.25, -0.2) is 0 Å². The van der Waals surface area contributed by atoms with E-state index in [0.717, 1.165) is 56.8 Å². The van der Waals surface area contributed by atoms with Gasteiger partial charge in [-0.1, -0.05) is 24.6 Å². The minimum absolute atomic E-state index is 0.219. The topological polar surface area (TPSA) is 21.7 Å². The molecule has 2 aromatic rings. The van der Waals surface area contributed by atoms with Crippen molar-refractivity contribution < 1.29 is 22.6 Å². The van der Waals surface area contributed by atoms with Crippen LogP contribution in [0.25, 0.3) is 0 Å². The molecule has 0 spiro atoms. The van der Waals surface area contributed by atoms with E-state index in [1.54, 1.807) is 7.11 Å². The Balaban J connectivity index is 0.00000158. The Kier molecular flexibility index (Phi) is 8.90. The van der Waals surface area contributed by atoms with Crippen molar-refractivity contribution in [3.63, 3.8) is 0 Å². The van der Waals surface area contributed by atoms with Gasteiger partial charge in [-0.3, -0.25) is 0 Å². The van der Waals surface area contributed by atoms with Crippen molar-refractivity contribution in [3.8, 4) is 24.3 Å². The number of likely N-dealkylation sites (tertiary alicyclic amines) is 1. The molecular formula is C28H34F3NO2. The Bertz CT molecular complexity index is 919. The number of terminal acetylenes is 1. The van der Waals surface area contributed by atoms with Gasteiger partial charge in [0.2, 0.25) is 0 Å². The fraction of sp³-hybridized carbons (Fsp3) is 0.500. The molecule has 6 heteroatoms. The molecule has 1 heterocycles. The number of para-hydroxylation sites is 1. The Labute approximate surface area is 201 Å². The van der Waals surface area contributed by atoms with E-state index in [-0.39, 0.29) is 5.41 Å². The summed E-state index contributed by atoms with van der Waals surface area (Å²) in [6, 6.07) is 13.4. The predicted molar refractivity (Wildman–Crippen MR) is 129 cm³/mol. The van der Waals surface area contributed by atoms with Gasteiger partial charge < -0.3 is 14.4 Å². The van der Waals surface area contributed by atoms with Gasteiger partial charge in [-0.2, -0.15) is 13.2 Å². The van der Waals surface area contributed by atoms with Gasteiger partial charge in [0.25, 0.3) is 0 Å². The highest BCUT2D eigenvalue weighted by Crippen LogP contribution is 2.49. The molecule has 34 heavy (non-hydrogen) atoms. The first-order valence-corrected chi connectivity index (χ1v) is 11.9. The van der Waals surface area contributed by atoms with Crippen molar-refractivity contribution in [2.24, 2.45) is 5.92 Å². The molecule has 1 aliphatic carbocycles. The number of rotatable bonds is 8. The van der Waals surface area contributed by atoms with E-state index in [1.807, 2.05) is 6.07 Å². The maximum Gasteiger partial charge on any atom is 0.416 e. The molecule has 184 valence electrons. The van der Waals surface area contributed by atoms with Crippen LogP contribution in [0.2, 0.25) is 0 Å².